The molecule has 4 heteroatoms. The van der Waals surface area contributed by atoms with Crippen LogP contribution < -0.4 is 5.32 Å². The molecule has 1 atom stereocenters. The molecule has 19 heavy (non-hydrogen) atoms. The molecule has 0 aliphatic carbocycles. The quantitative estimate of drug-likeness (QED) is 0.894. The van der Waals surface area contributed by atoms with E-state index in [0.29, 0.717) is 18.4 Å². The normalized spacial score (nSPS) is 12.8. The molecule has 100 valence electrons. The van der Waals surface area contributed by atoms with Gasteiger partial charge in [-0.15, -0.1) is 0 Å². The van der Waals surface area contributed by atoms with Crippen LogP contribution >= 0.6 is 0 Å². The summed E-state index contributed by atoms with van der Waals surface area (Å²) < 4.78 is 5.50. The largest absolute Gasteiger partial charge is 0.441 e. The second kappa shape index (κ2) is 5.85. The number of nitrogens with zero attached hydrogens (tertiary/aromatic N) is 2. The van der Waals surface area contributed by atoms with E-state index in [9.17, 15) is 0 Å². The number of rotatable bonds is 5. The van der Waals surface area contributed by atoms with Crippen molar-refractivity contribution in [2.24, 2.45) is 11.8 Å². The number of aromatic nitrogens is 1. The first-order valence-corrected chi connectivity index (χ1v) is 6.56. The number of hydrogen-bond donors (Lipinski definition) is 1. The Morgan fingerprint density at radius 1 is 1.42 bits per heavy atom. The van der Waals surface area contributed by atoms with Gasteiger partial charge in [-0.1, -0.05) is 19.9 Å². The van der Waals surface area contributed by atoms with E-state index in [4.69, 9.17) is 9.68 Å². The molecule has 1 heterocycles. The molecular weight excluding hydrogens is 238 g/mol. The van der Waals surface area contributed by atoms with Gasteiger partial charge in [0, 0.05) is 20.0 Å². The summed E-state index contributed by atoms with van der Waals surface area (Å²) in [5.41, 5.74) is 2.85. The van der Waals surface area contributed by atoms with Gasteiger partial charge in [0.05, 0.1) is 12.0 Å². The van der Waals surface area contributed by atoms with E-state index in [-0.39, 0.29) is 5.92 Å². The molecule has 0 aliphatic rings. The summed E-state index contributed by atoms with van der Waals surface area (Å²) in [7, 11) is 0. The van der Waals surface area contributed by atoms with E-state index in [2.05, 4.69) is 30.2 Å². The van der Waals surface area contributed by atoms with Gasteiger partial charge in [0.15, 0.2) is 11.5 Å². The minimum absolute atomic E-state index is 0.0521. The monoisotopic (exact) mass is 257 g/mol. The van der Waals surface area contributed by atoms with Crippen molar-refractivity contribution in [2.45, 2.75) is 27.3 Å². The van der Waals surface area contributed by atoms with Crippen molar-refractivity contribution in [1.82, 2.24) is 10.3 Å². The molecule has 0 radical (unpaired) electrons. The Kier molecular flexibility index (Phi) is 4.18. The zero-order chi connectivity index (χ0) is 13.8. The fraction of sp³-hybridized carbons (Fsp3) is 0.467. The number of oxazole rings is 1. The lowest BCUT2D eigenvalue weighted by Crippen LogP contribution is -2.24. The Morgan fingerprint density at radius 2 is 2.21 bits per heavy atom. The fourth-order valence-corrected chi connectivity index (χ4v) is 2.00. The molecule has 0 saturated carbocycles. The summed E-state index contributed by atoms with van der Waals surface area (Å²) >= 11 is 0. The zero-order valence-electron chi connectivity index (χ0n) is 11.6. The Labute approximate surface area is 113 Å². The van der Waals surface area contributed by atoms with Crippen LogP contribution in [0.1, 0.15) is 25.3 Å². The average Bonchev–Trinajstić information content (AvgIpc) is 2.73. The molecule has 1 aromatic carbocycles. The summed E-state index contributed by atoms with van der Waals surface area (Å²) in [6.45, 7) is 7.43. The van der Waals surface area contributed by atoms with Crippen molar-refractivity contribution in [2.75, 3.05) is 6.54 Å². The van der Waals surface area contributed by atoms with E-state index in [1.807, 2.05) is 25.1 Å². The van der Waals surface area contributed by atoms with Crippen molar-refractivity contribution in [3.8, 4) is 6.07 Å². The summed E-state index contributed by atoms with van der Waals surface area (Å²) in [6.07, 6.45) is 0. The standard InChI is InChI=1S/C15H19N3O/c1-10(2)13(7-16)9-17-8-12-4-5-14-15(6-12)19-11(3)18-14/h4-6,10,13,17H,8-9H2,1-3H3. The molecular formula is C15H19N3O. The number of fused-ring (bicyclic) bond motifs is 1. The van der Waals surface area contributed by atoms with Crippen molar-refractivity contribution >= 4 is 11.1 Å². The van der Waals surface area contributed by atoms with E-state index in [1.54, 1.807) is 0 Å². The molecule has 2 aromatic rings. The van der Waals surface area contributed by atoms with Crippen LogP contribution in [0, 0.1) is 30.1 Å². The van der Waals surface area contributed by atoms with Gasteiger partial charge >= 0.3 is 0 Å². The molecule has 0 saturated heterocycles. The Balaban J connectivity index is 1.96. The average molecular weight is 257 g/mol. The van der Waals surface area contributed by atoms with Gasteiger partial charge in [0.25, 0.3) is 0 Å². The van der Waals surface area contributed by atoms with Gasteiger partial charge in [0.2, 0.25) is 0 Å². The maximum Gasteiger partial charge on any atom is 0.192 e. The first-order chi connectivity index (χ1) is 9.10. The Bertz CT molecular complexity index is 595. The van der Waals surface area contributed by atoms with Gasteiger partial charge in [-0.2, -0.15) is 5.26 Å². The summed E-state index contributed by atoms with van der Waals surface area (Å²) in [4.78, 5) is 4.27. The number of hydrogen-bond acceptors (Lipinski definition) is 4. The summed E-state index contributed by atoms with van der Waals surface area (Å²) in [5.74, 6) is 1.11. The van der Waals surface area contributed by atoms with E-state index in [1.165, 1.54) is 0 Å². The van der Waals surface area contributed by atoms with Gasteiger partial charge in [-0.25, -0.2) is 4.98 Å². The van der Waals surface area contributed by atoms with Crippen LogP contribution in [-0.4, -0.2) is 11.5 Å². The maximum absolute atomic E-state index is 9.02. The first kappa shape index (κ1) is 13.6. The van der Waals surface area contributed by atoms with Crippen LogP contribution in [0.4, 0.5) is 0 Å². The molecule has 0 aliphatic heterocycles. The minimum Gasteiger partial charge on any atom is -0.441 e. The van der Waals surface area contributed by atoms with Gasteiger partial charge in [0.1, 0.15) is 5.52 Å². The van der Waals surface area contributed by atoms with Gasteiger partial charge in [-0.3, -0.25) is 0 Å². The summed E-state index contributed by atoms with van der Waals surface area (Å²) in [6, 6.07) is 8.33. The number of nitrogens with one attached hydrogen (secondary N) is 1. The minimum atomic E-state index is 0.0521. The van der Waals surface area contributed by atoms with Gasteiger partial charge in [-0.05, 0) is 23.6 Å². The Morgan fingerprint density at radius 3 is 2.89 bits per heavy atom. The maximum atomic E-state index is 9.02. The number of nitriles is 1. The summed E-state index contributed by atoms with van der Waals surface area (Å²) in [5, 5.41) is 12.3. The van der Waals surface area contributed by atoms with Crippen molar-refractivity contribution in [3.05, 3.63) is 29.7 Å². The fourth-order valence-electron chi connectivity index (χ4n) is 2.00. The third-order valence-electron chi connectivity index (χ3n) is 3.22. The third kappa shape index (κ3) is 3.33. The van der Waals surface area contributed by atoms with Crippen LogP contribution in [0.2, 0.25) is 0 Å². The van der Waals surface area contributed by atoms with E-state index >= 15 is 0 Å². The predicted octanol–water partition coefficient (Wildman–Crippen LogP) is 3.02. The van der Waals surface area contributed by atoms with E-state index in [0.717, 1.165) is 23.2 Å². The highest BCUT2D eigenvalue weighted by molar-refractivity contribution is 5.73. The number of benzene rings is 1. The highest BCUT2D eigenvalue weighted by Crippen LogP contribution is 2.17. The van der Waals surface area contributed by atoms with Crippen LogP contribution in [0.3, 0.4) is 0 Å². The number of aryl methyl sites for hydroxylation is 1. The molecule has 0 amide bonds. The van der Waals surface area contributed by atoms with Crippen molar-refractivity contribution in [3.63, 3.8) is 0 Å². The predicted molar refractivity (Wildman–Crippen MR) is 74.4 cm³/mol. The first-order valence-electron chi connectivity index (χ1n) is 6.56. The molecule has 1 unspecified atom stereocenters. The van der Waals surface area contributed by atoms with Crippen LogP contribution in [0.5, 0.6) is 0 Å². The highest BCUT2D eigenvalue weighted by atomic mass is 16.3. The molecule has 1 aromatic heterocycles. The lowest BCUT2D eigenvalue weighted by Gasteiger charge is -2.13. The SMILES string of the molecule is Cc1nc2ccc(CNCC(C#N)C(C)C)cc2o1. The van der Waals surface area contributed by atoms with Crippen molar-refractivity contribution in [1.29, 1.82) is 5.26 Å². The molecule has 1 N–H and O–H groups in total. The second-order valence-electron chi connectivity index (χ2n) is 5.15. The molecule has 2 rings (SSSR count). The lowest BCUT2D eigenvalue weighted by molar-refractivity contribution is 0.442. The van der Waals surface area contributed by atoms with Crippen LogP contribution in [0.25, 0.3) is 11.1 Å². The molecule has 4 nitrogen and oxygen atoms in total. The highest BCUT2D eigenvalue weighted by Gasteiger charge is 2.11. The molecule has 0 fully saturated rings. The molecule has 0 spiro atoms. The smallest absolute Gasteiger partial charge is 0.192 e. The topological polar surface area (TPSA) is 61.9 Å². The van der Waals surface area contributed by atoms with Crippen LogP contribution in [0.15, 0.2) is 22.6 Å². The van der Waals surface area contributed by atoms with Crippen LogP contribution in [-0.2, 0) is 6.54 Å². The van der Waals surface area contributed by atoms with Gasteiger partial charge < -0.3 is 9.73 Å². The third-order valence-corrected chi connectivity index (χ3v) is 3.22. The Hall–Kier alpha value is -1.86. The second-order valence-corrected chi connectivity index (χ2v) is 5.15. The molecule has 0 bridgehead atoms. The lowest BCUT2D eigenvalue weighted by atomic mass is 9.97. The zero-order valence-corrected chi connectivity index (χ0v) is 11.6. The van der Waals surface area contributed by atoms with Crippen molar-refractivity contribution < 1.29 is 4.42 Å². The van der Waals surface area contributed by atoms with E-state index < -0.39 is 0 Å².